The van der Waals surface area contributed by atoms with Crippen LogP contribution in [0.25, 0.3) is 0 Å². The Morgan fingerprint density at radius 3 is 2.43 bits per heavy atom. The van der Waals surface area contributed by atoms with Crippen molar-refractivity contribution in [2.75, 3.05) is 6.61 Å². The number of Topliss-reactive ketones (excluding diaryl/α,β-unsaturated/α-hetero) is 1. The summed E-state index contributed by atoms with van der Waals surface area (Å²) in [6.07, 6.45) is -4.73. The average molecular weight is 208 g/mol. The highest BCUT2D eigenvalue weighted by atomic mass is 19.4. The second-order valence-corrected chi connectivity index (χ2v) is 3.31. The molecule has 1 aliphatic rings. The third kappa shape index (κ3) is 2.15. The highest BCUT2D eigenvalue weighted by Gasteiger charge is 2.42. The minimum absolute atomic E-state index is 0.336. The molecule has 14 heavy (non-hydrogen) atoms. The van der Waals surface area contributed by atoms with E-state index in [2.05, 4.69) is 6.58 Å². The van der Waals surface area contributed by atoms with Gasteiger partial charge in [-0.1, -0.05) is 6.58 Å². The van der Waals surface area contributed by atoms with E-state index in [1.54, 1.807) is 6.92 Å². The predicted molar refractivity (Wildman–Crippen MR) is 43.7 cm³/mol. The Hall–Kier alpha value is -0.840. The first-order valence-corrected chi connectivity index (χ1v) is 4.26. The molecule has 2 unspecified atom stereocenters. The molecular weight excluding hydrogens is 197 g/mol. The molecule has 1 heterocycles. The van der Waals surface area contributed by atoms with Gasteiger partial charge in [0.2, 0.25) is 0 Å². The summed E-state index contributed by atoms with van der Waals surface area (Å²) >= 11 is 0. The van der Waals surface area contributed by atoms with Gasteiger partial charge >= 0.3 is 6.18 Å². The molecule has 0 aliphatic carbocycles. The van der Waals surface area contributed by atoms with Crippen LogP contribution in [0.4, 0.5) is 13.2 Å². The summed E-state index contributed by atoms with van der Waals surface area (Å²) in [6, 6.07) is 0. The molecule has 0 bridgehead atoms. The predicted octanol–water partition coefficient (Wildman–Crippen LogP) is 2.10. The Morgan fingerprint density at radius 2 is 2.07 bits per heavy atom. The van der Waals surface area contributed by atoms with Crippen molar-refractivity contribution in [2.45, 2.75) is 25.6 Å². The largest absolute Gasteiger partial charge is 0.419 e. The van der Waals surface area contributed by atoms with E-state index in [1.165, 1.54) is 0 Å². The first-order valence-electron chi connectivity index (χ1n) is 4.26. The quantitative estimate of drug-likeness (QED) is 0.649. The minimum atomic E-state index is -4.63. The van der Waals surface area contributed by atoms with Crippen LogP contribution in [0.15, 0.2) is 12.2 Å². The van der Waals surface area contributed by atoms with Gasteiger partial charge in [-0.2, -0.15) is 13.2 Å². The molecule has 5 heteroatoms. The number of allylic oxidation sites excluding steroid dienone is 1. The van der Waals surface area contributed by atoms with E-state index in [4.69, 9.17) is 4.74 Å². The van der Waals surface area contributed by atoms with Crippen LogP contribution in [0.1, 0.15) is 13.3 Å². The maximum absolute atomic E-state index is 12.1. The molecule has 0 spiro atoms. The topological polar surface area (TPSA) is 26.3 Å². The molecule has 0 radical (unpaired) electrons. The molecule has 0 aromatic rings. The molecule has 0 N–H and O–H groups in total. The summed E-state index contributed by atoms with van der Waals surface area (Å²) < 4.78 is 41.4. The van der Waals surface area contributed by atoms with Crippen molar-refractivity contribution in [1.29, 1.82) is 0 Å². The van der Waals surface area contributed by atoms with Crippen molar-refractivity contribution in [1.82, 2.24) is 0 Å². The van der Waals surface area contributed by atoms with Crippen LogP contribution >= 0.6 is 0 Å². The fourth-order valence-electron chi connectivity index (χ4n) is 1.44. The van der Waals surface area contributed by atoms with Crippen LogP contribution in [0.2, 0.25) is 0 Å². The third-order valence-electron chi connectivity index (χ3n) is 2.35. The number of carbonyl (C=O) groups is 1. The van der Waals surface area contributed by atoms with Crippen LogP contribution in [0.3, 0.4) is 0 Å². The van der Waals surface area contributed by atoms with Crippen molar-refractivity contribution >= 4 is 5.78 Å². The standard InChI is InChI=1S/C9H11F3O2/c1-5(9(10,11)12)8(13)7-3-4-14-6(7)2/h6-7H,1,3-4H2,2H3. The van der Waals surface area contributed by atoms with Crippen LogP contribution in [0, 0.1) is 5.92 Å². The number of alkyl halides is 3. The molecule has 80 valence electrons. The summed E-state index contributed by atoms with van der Waals surface area (Å²) in [4.78, 5) is 11.3. The molecule has 1 rings (SSSR count). The lowest BCUT2D eigenvalue weighted by Crippen LogP contribution is -2.29. The fourth-order valence-corrected chi connectivity index (χ4v) is 1.44. The Kier molecular flexibility index (Phi) is 2.99. The van der Waals surface area contributed by atoms with E-state index in [9.17, 15) is 18.0 Å². The van der Waals surface area contributed by atoms with Gasteiger partial charge in [-0.15, -0.1) is 0 Å². The number of hydrogen-bond acceptors (Lipinski definition) is 2. The maximum atomic E-state index is 12.1. The first-order chi connectivity index (χ1) is 6.34. The Balaban J connectivity index is 2.70. The lowest BCUT2D eigenvalue weighted by Gasteiger charge is -2.15. The van der Waals surface area contributed by atoms with Crippen LogP contribution in [-0.2, 0) is 9.53 Å². The zero-order valence-electron chi connectivity index (χ0n) is 7.73. The molecule has 0 saturated carbocycles. The molecular formula is C9H11F3O2. The second-order valence-electron chi connectivity index (χ2n) is 3.31. The van der Waals surface area contributed by atoms with E-state index >= 15 is 0 Å². The molecule has 1 saturated heterocycles. The van der Waals surface area contributed by atoms with Gasteiger partial charge in [0.25, 0.3) is 0 Å². The van der Waals surface area contributed by atoms with E-state index < -0.39 is 29.6 Å². The van der Waals surface area contributed by atoms with Crippen LogP contribution in [-0.4, -0.2) is 24.7 Å². The normalized spacial score (nSPS) is 27.7. The van der Waals surface area contributed by atoms with Crippen LogP contribution in [0.5, 0.6) is 0 Å². The highest BCUT2D eigenvalue weighted by molar-refractivity contribution is 5.98. The summed E-state index contributed by atoms with van der Waals surface area (Å²) in [5, 5.41) is 0. The number of rotatable bonds is 2. The van der Waals surface area contributed by atoms with E-state index in [-0.39, 0.29) is 0 Å². The highest BCUT2D eigenvalue weighted by Crippen LogP contribution is 2.31. The number of carbonyl (C=O) groups excluding carboxylic acids is 1. The lowest BCUT2D eigenvalue weighted by molar-refractivity contribution is -0.133. The van der Waals surface area contributed by atoms with Gasteiger partial charge in [-0.25, -0.2) is 0 Å². The smallest absolute Gasteiger partial charge is 0.378 e. The number of hydrogen-bond donors (Lipinski definition) is 0. The molecule has 1 aliphatic heterocycles. The van der Waals surface area contributed by atoms with Gasteiger partial charge in [0, 0.05) is 6.61 Å². The van der Waals surface area contributed by atoms with Gasteiger partial charge in [0.1, 0.15) is 0 Å². The molecule has 0 aromatic carbocycles. The number of ketones is 1. The molecule has 0 aromatic heterocycles. The summed E-state index contributed by atoms with van der Waals surface area (Å²) in [7, 11) is 0. The van der Waals surface area contributed by atoms with Crippen molar-refractivity contribution in [3.63, 3.8) is 0 Å². The number of ether oxygens (including phenoxy) is 1. The molecule has 0 amide bonds. The van der Waals surface area contributed by atoms with E-state index in [0.717, 1.165) is 0 Å². The Morgan fingerprint density at radius 1 is 1.50 bits per heavy atom. The molecule has 2 nitrogen and oxygen atoms in total. The SMILES string of the molecule is C=C(C(=O)C1CCOC1C)C(F)(F)F. The fraction of sp³-hybridized carbons (Fsp3) is 0.667. The van der Waals surface area contributed by atoms with Crippen molar-refractivity contribution in [2.24, 2.45) is 5.92 Å². The van der Waals surface area contributed by atoms with Gasteiger partial charge in [-0.3, -0.25) is 4.79 Å². The average Bonchev–Trinajstić information content (AvgIpc) is 2.47. The van der Waals surface area contributed by atoms with Gasteiger partial charge < -0.3 is 4.74 Å². The Labute approximate surface area is 79.7 Å². The zero-order valence-corrected chi connectivity index (χ0v) is 7.73. The van der Waals surface area contributed by atoms with E-state index in [1.807, 2.05) is 0 Å². The lowest BCUT2D eigenvalue weighted by atomic mass is 9.93. The van der Waals surface area contributed by atoms with Crippen molar-refractivity contribution in [3.8, 4) is 0 Å². The van der Waals surface area contributed by atoms with Crippen LogP contribution < -0.4 is 0 Å². The van der Waals surface area contributed by atoms with E-state index in [0.29, 0.717) is 13.0 Å². The maximum Gasteiger partial charge on any atom is 0.419 e. The summed E-state index contributed by atoms with van der Waals surface area (Å²) in [5.41, 5.74) is -1.28. The monoisotopic (exact) mass is 208 g/mol. The summed E-state index contributed by atoms with van der Waals surface area (Å²) in [6.45, 7) is 4.71. The van der Waals surface area contributed by atoms with Gasteiger partial charge in [0.05, 0.1) is 17.6 Å². The van der Waals surface area contributed by atoms with Gasteiger partial charge in [0.15, 0.2) is 5.78 Å². The second kappa shape index (κ2) is 3.73. The van der Waals surface area contributed by atoms with Crippen molar-refractivity contribution in [3.05, 3.63) is 12.2 Å². The third-order valence-corrected chi connectivity index (χ3v) is 2.35. The minimum Gasteiger partial charge on any atom is -0.378 e. The Bertz CT molecular complexity index is 257. The molecule has 1 fully saturated rings. The number of halogens is 3. The first kappa shape index (κ1) is 11.2. The molecule has 2 atom stereocenters. The van der Waals surface area contributed by atoms with Gasteiger partial charge in [-0.05, 0) is 13.3 Å². The summed E-state index contributed by atoms with van der Waals surface area (Å²) in [5.74, 6) is -1.63. The van der Waals surface area contributed by atoms with Crippen molar-refractivity contribution < 1.29 is 22.7 Å². The zero-order chi connectivity index (χ0) is 10.9.